The van der Waals surface area contributed by atoms with Gasteiger partial charge in [-0.1, -0.05) is 0 Å². The van der Waals surface area contributed by atoms with Crippen LogP contribution in [0.1, 0.15) is 16.7 Å². The van der Waals surface area contributed by atoms with Crippen LogP contribution in [0.15, 0.2) is 6.07 Å². The van der Waals surface area contributed by atoms with Crippen molar-refractivity contribution in [2.45, 2.75) is 18.5 Å². The third-order valence-electron chi connectivity index (χ3n) is 5.05. The second-order valence-electron chi connectivity index (χ2n) is 7.69. The molecule has 3 aromatic rings. The Bertz CT molecular complexity index is 1590. The molecule has 0 saturated heterocycles. The standard InChI is InChI=1S/C21H5F17N2O2/c22-7-3(42-18-6(21(36,37)38)16(40)12(27)10(25)14(18)29)1-2(4(8(7)23)19(30,31)32)41-17-5(20(33,34)35)15(39)11(26)9(24)13(17)28/h1H,39-40H2. The number of alkyl halides is 9. The van der Waals surface area contributed by atoms with Gasteiger partial charge in [0.05, 0.1) is 11.4 Å². The third kappa shape index (κ3) is 5.33. The number of anilines is 2. The van der Waals surface area contributed by atoms with Gasteiger partial charge in [-0.2, -0.15) is 52.7 Å². The fraction of sp³-hybridized carbons (Fsp3) is 0.143. The summed E-state index contributed by atoms with van der Waals surface area (Å²) >= 11 is 0. The molecule has 0 amide bonds. The lowest BCUT2D eigenvalue weighted by molar-refractivity contribution is -0.141. The van der Waals surface area contributed by atoms with Crippen LogP contribution in [-0.4, -0.2) is 0 Å². The highest BCUT2D eigenvalue weighted by molar-refractivity contribution is 5.61. The molecule has 0 spiro atoms. The van der Waals surface area contributed by atoms with Crippen LogP contribution in [0.4, 0.5) is 86.0 Å². The Labute approximate surface area is 218 Å². The third-order valence-corrected chi connectivity index (χ3v) is 5.05. The minimum absolute atomic E-state index is 0.755. The largest absolute Gasteiger partial charge is 0.453 e. The average molecular weight is 640 g/mol. The lowest BCUT2D eigenvalue weighted by Crippen LogP contribution is -2.18. The summed E-state index contributed by atoms with van der Waals surface area (Å²) in [4.78, 5) is 0. The van der Waals surface area contributed by atoms with Gasteiger partial charge in [0, 0.05) is 6.07 Å². The lowest BCUT2D eigenvalue weighted by atomic mass is 10.1. The summed E-state index contributed by atoms with van der Waals surface area (Å²) in [7, 11) is 0. The molecule has 0 fully saturated rings. The monoisotopic (exact) mass is 640 g/mol. The van der Waals surface area contributed by atoms with Crippen LogP contribution in [-0.2, 0) is 18.5 Å². The molecule has 0 aliphatic carbocycles. The van der Waals surface area contributed by atoms with Crippen LogP contribution >= 0.6 is 0 Å². The van der Waals surface area contributed by atoms with E-state index in [2.05, 4.69) is 9.47 Å². The number of rotatable bonds is 4. The van der Waals surface area contributed by atoms with Gasteiger partial charge in [0.15, 0.2) is 46.3 Å². The number of benzene rings is 3. The van der Waals surface area contributed by atoms with Crippen LogP contribution in [0.25, 0.3) is 0 Å². The van der Waals surface area contributed by atoms with Crippen LogP contribution < -0.4 is 20.9 Å². The maximum atomic E-state index is 14.5. The lowest BCUT2D eigenvalue weighted by Gasteiger charge is -2.22. The van der Waals surface area contributed by atoms with Crippen LogP contribution in [0.2, 0.25) is 0 Å². The van der Waals surface area contributed by atoms with E-state index in [9.17, 15) is 74.6 Å². The molecule has 0 atom stereocenters. The fourth-order valence-electron chi connectivity index (χ4n) is 3.29. The number of nitrogens with two attached hydrogens (primary N) is 2. The molecule has 0 saturated carbocycles. The molecular weight excluding hydrogens is 635 g/mol. The van der Waals surface area contributed by atoms with Gasteiger partial charge in [-0.15, -0.1) is 0 Å². The highest BCUT2D eigenvalue weighted by Crippen LogP contribution is 2.51. The summed E-state index contributed by atoms with van der Waals surface area (Å²) in [5.74, 6) is -33.6. The van der Waals surface area contributed by atoms with Crippen molar-refractivity contribution in [3.05, 3.63) is 69.3 Å². The number of hydrogen-bond donors (Lipinski definition) is 2. The molecule has 3 rings (SSSR count). The molecular formula is C21H5F17N2O2. The van der Waals surface area contributed by atoms with E-state index in [-0.39, 0.29) is 0 Å². The quantitative estimate of drug-likeness (QED) is 0.170. The SMILES string of the molecule is Nc1c(F)c(F)c(F)c(Oc2cc(Oc3c(F)c(F)c(F)c(N)c3C(F)(F)F)c(C(F)(F)F)c(F)c2F)c1C(F)(F)F. The Morgan fingerprint density at radius 3 is 1.07 bits per heavy atom. The predicted molar refractivity (Wildman–Crippen MR) is 103 cm³/mol. The van der Waals surface area contributed by atoms with Gasteiger partial charge in [0.2, 0.25) is 17.5 Å². The summed E-state index contributed by atoms with van der Waals surface area (Å²) < 4.78 is 242. The predicted octanol–water partition coefficient (Wildman–Crippen LogP) is 8.60. The highest BCUT2D eigenvalue weighted by atomic mass is 19.4. The van der Waals surface area contributed by atoms with Gasteiger partial charge in [0.25, 0.3) is 0 Å². The summed E-state index contributed by atoms with van der Waals surface area (Å²) in [6.07, 6.45) is -18.3. The Kier molecular flexibility index (Phi) is 7.81. The molecule has 4 N–H and O–H groups in total. The molecule has 21 heteroatoms. The second kappa shape index (κ2) is 10.2. The van der Waals surface area contributed by atoms with Gasteiger partial charge < -0.3 is 20.9 Å². The van der Waals surface area contributed by atoms with Gasteiger partial charge in [0.1, 0.15) is 22.4 Å². The van der Waals surface area contributed by atoms with Gasteiger partial charge in [-0.25, -0.2) is 22.0 Å². The summed E-state index contributed by atoms with van der Waals surface area (Å²) in [6, 6.07) is -0.755. The van der Waals surface area contributed by atoms with Crippen LogP contribution in [0.5, 0.6) is 23.0 Å². The molecule has 0 heterocycles. The fourth-order valence-corrected chi connectivity index (χ4v) is 3.29. The molecule has 42 heavy (non-hydrogen) atoms. The van der Waals surface area contributed by atoms with E-state index < -0.39 is 122 Å². The average Bonchev–Trinajstić information content (AvgIpc) is 2.83. The molecule has 3 aromatic carbocycles. The second-order valence-corrected chi connectivity index (χ2v) is 7.69. The van der Waals surface area contributed by atoms with Crippen molar-refractivity contribution in [2.75, 3.05) is 11.5 Å². The van der Waals surface area contributed by atoms with Gasteiger partial charge in [-0.3, -0.25) is 0 Å². The van der Waals surface area contributed by atoms with Crippen molar-refractivity contribution in [1.82, 2.24) is 0 Å². The Morgan fingerprint density at radius 2 is 0.738 bits per heavy atom. The van der Waals surface area contributed by atoms with Gasteiger partial charge in [-0.05, 0) is 0 Å². The molecule has 0 radical (unpaired) electrons. The molecule has 0 aromatic heterocycles. The van der Waals surface area contributed by atoms with Crippen molar-refractivity contribution in [3.63, 3.8) is 0 Å². The first-order chi connectivity index (χ1) is 18.9. The van der Waals surface area contributed by atoms with E-state index in [1.807, 2.05) is 0 Å². The zero-order valence-corrected chi connectivity index (χ0v) is 19.0. The van der Waals surface area contributed by atoms with Crippen molar-refractivity contribution in [2.24, 2.45) is 0 Å². The van der Waals surface area contributed by atoms with Gasteiger partial charge >= 0.3 is 18.5 Å². The molecule has 0 unspecified atom stereocenters. The van der Waals surface area contributed by atoms with Crippen molar-refractivity contribution in [1.29, 1.82) is 0 Å². The van der Waals surface area contributed by atoms with Crippen LogP contribution in [0, 0.1) is 46.5 Å². The molecule has 0 bridgehead atoms. The minimum Gasteiger partial charge on any atom is -0.453 e. The maximum Gasteiger partial charge on any atom is 0.422 e. The van der Waals surface area contributed by atoms with E-state index >= 15 is 0 Å². The van der Waals surface area contributed by atoms with E-state index in [4.69, 9.17) is 11.5 Å². The molecule has 0 aliphatic rings. The van der Waals surface area contributed by atoms with Crippen LogP contribution in [0.3, 0.4) is 0 Å². The normalized spacial score (nSPS) is 12.6. The summed E-state index contributed by atoms with van der Waals surface area (Å²) in [5.41, 5.74) is -3.77. The first kappa shape index (κ1) is 32.2. The van der Waals surface area contributed by atoms with Crippen molar-refractivity contribution >= 4 is 11.4 Å². The first-order valence-electron chi connectivity index (χ1n) is 9.93. The van der Waals surface area contributed by atoms with E-state index in [1.54, 1.807) is 0 Å². The first-order valence-corrected chi connectivity index (χ1v) is 9.93. The van der Waals surface area contributed by atoms with E-state index in [0.717, 1.165) is 0 Å². The topological polar surface area (TPSA) is 70.5 Å². The number of nitrogen functional groups attached to an aromatic ring is 2. The molecule has 0 aliphatic heterocycles. The zero-order chi connectivity index (χ0) is 32.4. The highest BCUT2D eigenvalue weighted by Gasteiger charge is 2.46. The molecule has 4 nitrogen and oxygen atoms in total. The summed E-state index contributed by atoms with van der Waals surface area (Å²) in [6.45, 7) is 0. The minimum atomic E-state index is -6.22. The van der Waals surface area contributed by atoms with E-state index in [0.29, 0.717) is 0 Å². The number of halogens is 17. The van der Waals surface area contributed by atoms with E-state index in [1.165, 1.54) is 0 Å². The number of hydrogen-bond acceptors (Lipinski definition) is 4. The number of ether oxygens (including phenoxy) is 2. The summed E-state index contributed by atoms with van der Waals surface area (Å²) in [5, 5.41) is 0. The maximum absolute atomic E-state index is 14.5. The Morgan fingerprint density at radius 1 is 0.405 bits per heavy atom. The van der Waals surface area contributed by atoms with Crippen molar-refractivity contribution in [3.8, 4) is 23.0 Å². The Balaban J connectivity index is 2.41. The van der Waals surface area contributed by atoms with Crippen molar-refractivity contribution < 1.29 is 84.1 Å². The smallest absolute Gasteiger partial charge is 0.422 e. The Hall–Kier alpha value is -4.33. The molecule has 230 valence electrons. The zero-order valence-electron chi connectivity index (χ0n) is 19.0.